The molecule has 1 aliphatic heterocycles. The maximum Gasteiger partial charge on any atom is 0.229 e. The molecule has 168 valence electrons. The molecule has 1 heterocycles. The van der Waals surface area contributed by atoms with Gasteiger partial charge in [0, 0.05) is 17.7 Å². The van der Waals surface area contributed by atoms with Crippen LogP contribution in [0.3, 0.4) is 0 Å². The second kappa shape index (κ2) is 10.4. The van der Waals surface area contributed by atoms with Crippen LogP contribution in [0, 0.1) is 13.8 Å². The lowest BCUT2D eigenvalue weighted by Gasteiger charge is -2.20. The van der Waals surface area contributed by atoms with Crippen molar-refractivity contribution in [3.8, 4) is 0 Å². The monoisotopic (exact) mass is 442 g/mol. The summed E-state index contributed by atoms with van der Waals surface area (Å²) in [5.74, 6) is 0.662. The Bertz CT molecular complexity index is 1020. The van der Waals surface area contributed by atoms with Crippen molar-refractivity contribution in [1.29, 1.82) is 0 Å². The van der Waals surface area contributed by atoms with Crippen molar-refractivity contribution in [2.24, 2.45) is 0 Å². The SMILES string of the molecule is Cc1ccc(C(=O)CCCN2CCCC(c3cccc(NS(C)(=O)=O)c3)CC2)cc1C. The zero-order valence-electron chi connectivity index (χ0n) is 18.9. The minimum atomic E-state index is -3.27. The topological polar surface area (TPSA) is 66.5 Å². The second-order valence-corrected chi connectivity index (χ2v) is 10.5. The minimum Gasteiger partial charge on any atom is -0.303 e. The van der Waals surface area contributed by atoms with E-state index >= 15 is 0 Å². The normalized spacial score (nSPS) is 17.8. The van der Waals surface area contributed by atoms with E-state index in [4.69, 9.17) is 0 Å². The lowest BCUT2D eigenvalue weighted by Crippen LogP contribution is -2.26. The van der Waals surface area contributed by atoms with Gasteiger partial charge in [0.15, 0.2) is 5.78 Å². The van der Waals surface area contributed by atoms with Crippen molar-refractivity contribution in [2.45, 2.75) is 51.9 Å². The molecule has 2 aromatic carbocycles. The summed E-state index contributed by atoms with van der Waals surface area (Å²) in [5, 5.41) is 0. The molecule has 1 saturated heterocycles. The molecule has 1 unspecified atom stereocenters. The van der Waals surface area contributed by atoms with Gasteiger partial charge in [-0.3, -0.25) is 9.52 Å². The van der Waals surface area contributed by atoms with Crippen LogP contribution in [0.5, 0.6) is 0 Å². The molecule has 0 aliphatic carbocycles. The molecule has 0 aromatic heterocycles. The molecule has 2 aromatic rings. The molecule has 0 radical (unpaired) electrons. The Morgan fingerprint density at radius 2 is 1.87 bits per heavy atom. The average molecular weight is 443 g/mol. The van der Waals surface area contributed by atoms with Crippen LogP contribution in [0.15, 0.2) is 42.5 Å². The Morgan fingerprint density at radius 3 is 2.61 bits per heavy atom. The maximum atomic E-state index is 12.5. The van der Waals surface area contributed by atoms with Crippen LogP contribution in [0.1, 0.15) is 65.1 Å². The van der Waals surface area contributed by atoms with Crippen molar-refractivity contribution < 1.29 is 13.2 Å². The summed E-state index contributed by atoms with van der Waals surface area (Å²) in [7, 11) is -3.27. The zero-order valence-corrected chi connectivity index (χ0v) is 19.7. The van der Waals surface area contributed by atoms with Gasteiger partial charge < -0.3 is 4.90 Å². The first kappa shape index (κ1) is 23.5. The molecule has 0 amide bonds. The van der Waals surface area contributed by atoms with Crippen molar-refractivity contribution in [3.63, 3.8) is 0 Å². The summed E-state index contributed by atoms with van der Waals surface area (Å²) >= 11 is 0. The van der Waals surface area contributed by atoms with Gasteiger partial charge >= 0.3 is 0 Å². The molecule has 5 nitrogen and oxygen atoms in total. The highest BCUT2D eigenvalue weighted by Crippen LogP contribution is 2.30. The smallest absolute Gasteiger partial charge is 0.229 e. The first-order chi connectivity index (χ1) is 14.7. The molecule has 1 atom stereocenters. The first-order valence-electron chi connectivity index (χ1n) is 11.1. The molecule has 1 N–H and O–H groups in total. The molecule has 0 bridgehead atoms. The number of sulfonamides is 1. The number of nitrogens with zero attached hydrogens (tertiary/aromatic N) is 1. The van der Waals surface area contributed by atoms with Gasteiger partial charge in [0.25, 0.3) is 0 Å². The summed E-state index contributed by atoms with van der Waals surface area (Å²) in [6.45, 7) is 7.11. The molecular weight excluding hydrogens is 408 g/mol. The van der Waals surface area contributed by atoms with Crippen molar-refractivity contribution in [3.05, 3.63) is 64.7 Å². The van der Waals surface area contributed by atoms with Crippen LogP contribution < -0.4 is 4.72 Å². The van der Waals surface area contributed by atoms with E-state index in [-0.39, 0.29) is 5.78 Å². The summed E-state index contributed by atoms with van der Waals surface area (Å²) < 4.78 is 25.6. The Morgan fingerprint density at radius 1 is 1.06 bits per heavy atom. The van der Waals surface area contributed by atoms with Crippen LogP contribution in [-0.4, -0.2) is 45.0 Å². The third-order valence-corrected chi connectivity index (χ3v) is 6.80. The van der Waals surface area contributed by atoms with E-state index in [0.29, 0.717) is 18.0 Å². The Hall–Kier alpha value is -2.18. The number of carbonyl (C=O) groups excluding carboxylic acids is 1. The Labute approximate surface area is 186 Å². The summed E-state index contributed by atoms with van der Waals surface area (Å²) in [4.78, 5) is 15.0. The van der Waals surface area contributed by atoms with Gasteiger partial charge in [0.05, 0.1) is 6.26 Å². The molecule has 0 saturated carbocycles. The summed E-state index contributed by atoms with van der Waals surface area (Å²) in [6.07, 6.45) is 5.90. The number of Topliss-reactive ketones (excluding diaryl/α,β-unsaturated/α-hetero) is 1. The second-order valence-electron chi connectivity index (χ2n) is 8.79. The molecular formula is C25H34N2O3S. The van der Waals surface area contributed by atoms with Crippen molar-refractivity contribution in [2.75, 3.05) is 30.6 Å². The van der Waals surface area contributed by atoms with Gasteiger partial charge in [-0.05, 0) is 100.0 Å². The number of carbonyl (C=O) groups is 1. The van der Waals surface area contributed by atoms with Crippen LogP contribution in [0.2, 0.25) is 0 Å². The third-order valence-electron chi connectivity index (χ3n) is 6.19. The summed E-state index contributed by atoms with van der Waals surface area (Å²) in [5.41, 5.74) is 5.03. The number of rotatable bonds is 8. The molecule has 3 rings (SSSR count). The highest BCUT2D eigenvalue weighted by atomic mass is 32.2. The number of nitrogens with one attached hydrogen (secondary N) is 1. The van der Waals surface area contributed by atoms with E-state index in [9.17, 15) is 13.2 Å². The van der Waals surface area contributed by atoms with Gasteiger partial charge in [0.1, 0.15) is 0 Å². The number of benzene rings is 2. The predicted molar refractivity (Wildman–Crippen MR) is 127 cm³/mol. The fourth-order valence-corrected chi connectivity index (χ4v) is 4.86. The molecule has 6 heteroatoms. The van der Waals surface area contributed by atoms with Crippen LogP contribution in [-0.2, 0) is 10.0 Å². The Balaban J connectivity index is 1.49. The van der Waals surface area contributed by atoms with Gasteiger partial charge in [0.2, 0.25) is 10.0 Å². The van der Waals surface area contributed by atoms with E-state index in [1.54, 1.807) is 6.07 Å². The van der Waals surface area contributed by atoms with Gasteiger partial charge in [-0.15, -0.1) is 0 Å². The van der Waals surface area contributed by atoms with Gasteiger partial charge in [-0.1, -0.05) is 24.3 Å². The van der Waals surface area contributed by atoms with E-state index in [1.807, 2.05) is 37.3 Å². The Kier molecular flexibility index (Phi) is 7.89. The highest BCUT2D eigenvalue weighted by molar-refractivity contribution is 7.92. The number of ketones is 1. The number of likely N-dealkylation sites (tertiary alicyclic amines) is 1. The van der Waals surface area contributed by atoms with Crippen molar-refractivity contribution in [1.82, 2.24) is 4.90 Å². The molecule has 1 fully saturated rings. The molecule has 1 aliphatic rings. The summed E-state index contributed by atoms with van der Waals surface area (Å²) in [6, 6.07) is 13.7. The maximum absolute atomic E-state index is 12.5. The predicted octanol–water partition coefficient (Wildman–Crippen LogP) is 4.91. The lowest BCUT2D eigenvalue weighted by molar-refractivity contribution is 0.0974. The lowest BCUT2D eigenvalue weighted by atomic mass is 9.92. The average Bonchev–Trinajstić information content (AvgIpc) is 2.95. The first-order valence-corrected chi connectivity index (χ1v) is 13.0. The number of hydrogen-bond donors (Lipinski definition) is 1. The number of aryl methyl sites for hydroxylation is 2. The van der Waals surface area contributed by atoms with Crippen LogP contribution >= 0.6 is 0 Å². The fraction of sp³-hybridized carbons (Fsp3) is 0.480. The molecule has 0 spiro atoms. The quantitative estimate of drug-likeness (QED) is 0.590. The highest BCUT2D eigenvalue weighted by Gasteiger charge is 2.19. The van der Waals surface area contributed by atoms with E-state index in [0.717, 1.165) is 50.9 Å². The largest absolute Gasteiger partial charge is 0.303 e. The fourth-order valence-electron chi connectivity index (χ4n) is 4.31. The van der Waals surface area contributed by atoms with E-state index < -0.39 is 10.0 Å². The number of anilines is 1. The van der Waals surface area contributed by atoms with E-state index in [1.165, 1.54) is 22.9 Å². The zero-order chi connectivity index (χ0) is 22.4. The number of hydrogen-bond acceptors (Lipinski definition) is 4. The van der Waals surface area contributed by atoms with Gasteiger partial charge in [-0.25, -0.2) is 8.42 Å². The van der Waals surface area contributed by atoms with Crippen LogP contribution in [0.4, 0.5) is 5.69 Å². The third kappa shape index (κ3) is 7.18. The van der Waals surface area contributed by atoms with Crippen molar-refractivity contribution >= 4 is 21.5 Å². The standard InChI is InChI=1S/C25H34N2O3S/c1-19-11-12-23(17-20(19)2)25(28)10-6-15-27-14-5-8-21(13-16-27)22-7-4-9-24(18-22)26-31(3,29)30/h4,7,9,11-12,17-18,21,26H,5-6,8,10,13-16H2,1-3H3. The van der Waals surface area contributed by atoms with Crippen LogP contribution in [0.25, 0.3) is 0 Å². The minimum absolute atomic E-state index is 0.228. The van der Waals surface area contributed by atoms with E-state index in [2.05, 4.69) is 22.6 Å². The van der Waals surface area contributed by atoms with Gasteiger partial charge in [-0.2, -0.15) is 0 Å². The molecule has 31 heavy (non-hydrogen) atoms.